The summed E-state index contributed by atoms with van der Waals surface area (Å²) < 4.78 is 0. The summed E-state index contributed by atoms with van der Waals surface area (Å²) in [6.07, 6.45) is 4.96. The first kappa shape index (κ1) is 16.4. The van der Waals surface area contributed by atoms with Crippen molar-refractivity contribution in [2.45, 2.75) is 46.0 Å². The van der Waals surface area contributed by atoms with Gasteiger partial charge in [-0.15, -0.1) is 6.58 Å². The molecule has 0 aliphatic rings. The Morgan fingerprint density at radius 1 is 1.25 bits per heavy atom. The summed E-state index contributed by atoms with van der Waals surface area (Å²) in [6, 6.07) is 9.17. The summed E-state index contributed by atoms with van der Waals surface area (Å²) in [5.74, 6) is 0.198. The molecule has 0 N–H and O–H groups in total. The van der Waals surface area contributed by atoms with Gasteiger partial charge in [-0.1, -0.05) is 56.7 Å². The molecule has 2 heteroatoms. The van der Waals surface area contributed by atoms with Crippen LogP contribution in [-0.2, 0) is 4.79 Å². The Kier molecular flexibility index (Phi) is 6.37. The highest BCUT2D eigenvalue weighted by Gasteiger charge is 2.33. The zero-order chi connectivity index (χ0) is 15.0. The van der Waals surface area contributed by atoms with E-state index in [2.05, 4.69) is 13.5 Å². The van der Waals surface area contributed by atoms with Gasteiger partial charge in [0.05, 0.1) is 0 Å². The van der Waals surface area contributed by atoms with E-state index in [1.165, 1.54) is 0 Å². The van der Waals surface area contributed by atoms with Crippen LogP contribution in [0.5, 0.6) is 0 Å². The minimum atomic E-state index is -0.621. The van der Waals surface area contributed by atoms with Crippen molar-refractivity contribution in [2.24, 2.45) is 5.41 Å². The van der Waals surface area contributed by atoms with E-state index in [4.69, 9.17) is 0 Å². The lowest BCUT2D eigenvalue weighted by Crippen LogP contribution is -2.30. The van der Waals surface area contributed by atoms with E-state index in [9.17, 15) is 9.59 Å². The van der Waals surface area contributed by atoms with Crippen molar-refractivity contribution in [1.82, 2.24) is 0 Å². The Balaban J connectivity index is 2.83. The first-order valence-corrected chi connectivity index (χ1v) is 7.26. The molecule has 0 heterocycles. The largest absolute Gasteiger partial charge is 0.299 e. The SMILES string of the molecule is C=CC[C@@](C)(CC(=O)c1ccccc1)C(=O)CCCC. The maximum Gasteiger partial charge on any atom is 0.163 e. The van der Waals surface area contributed by atoms with Crippen LogP contribution in [0.25, 0.3) is 0 Å². The van der Waals surface area contributed by atoms with Crippen LogP contribution in [0.15, 0.2) is 43.0 Å². The Morgan fingerprint density at radius 2 is 1.90 bits per heavy atom. The number of unbranched alkanes of at least 4 members (excludes halogenated alkanes) is 1. The fraction of sp³-hybridized carbons (Fsp3) is 0.444. The van der Waals surface area contributed by atoms with Gasteiger partial charge in [-0.2, -0.15) is 0 Å². The van der Waals surface area contributed by atoms with Gasteiger partial charge >= 0.3 is 0 Å². The number of hydrogen-bond donors (Lipinski definition) is 0. The molecule has 0 aliphatic heterocycles. The summed E-state index contributed by atoms with van der Waals surface area (Å²) in [7, 11) is 0. The molecule has 1 aromatic rings. The second-order valence-corrected chi connectivity index (χ2v) is 5.55. The van der Waals surface area contributed by atoms with Gasteiger partial charge in [0.2, 0.25) is 0 Å². The molecule has 1 rings (SSSR count). The fourth-order valence-corrected chi connectivity index (χ4v) is 2.32. The van der Waals surface area contributed by atoms with E-state index in [1.54, 1.807) is 18.2 Å². The number of carbonyl (C=O) groups excluding carboxylic acids is 2. The van der Waals surface area contributed by atoms with Crippen LogP contribution >= 0.6 is 0 Å². The van der Waals surface area contributed by atoms with Gasteiger partial charge in [-0.3, -0.25) is 9.59 Å². The molecule has 1 atom stereocenters. The predicted octanol–water partition coefficient (Wildman–Crippen LogP) is 4.60. The fourth-order valence-electron chi connectivity index (χ4n) is 2.32. The van der Waals surface area contributed by atoms with Gasteiger partial charge in [-0.05, 0) is 12.8 Å². The summed E-state index contributed by atoms with van der Waals surface area (Å²) >= 11 is 0. The number of allylic oxidation sites excluding steroid dienone is 1. The van der Waals surface area contributed by atoms with Crippen molar-refractivity contribution in [3.05, 3.63) is 48.6 Å². The van der Waals surface area contributed by atoms with Crippen molar-refractivity contribution in [3.63, 3.8) is 0 Å². The maximum absolute atomic E-state index is 12.4. The second-order valence-electron chi connectivity index (χ2n) is 5.55. The van der Waals surface area contributed by atoms with Crippen LogP contribution < -0.4 is 0 Å². The van der Waals surface area contributed by atoms with Crippen molar-refractivity contribution in [3.8, 4) is 0 Å². The summed E-state index contributed by atoms with van der Waals surface area (Å²) in [5.41, 5.74) is 0.0511. The lowest BCUT2D eigenvalue weighted by molar-refractivity contribution is -0.127. The maximum atomic E-state index is 12.4. The first-order valence-electron chi connectivity index (χ1n) is 7.26. The third kappa shape index (κ3) is 4.44. The molecule has 0 aliphatic carbocycles. The number of ketones is 2. The Hall–Kier alpha value is -1.70. The molecule has 0 bridgehead atoms. The Bertz CT molecular complexity index is 462. The number of benzene rings is 1. The van der Waals surface area contributed by atoms with Gasteiger partial charge in [0.1, 0.15) is 5.78 Å². The van der Waals surface area contributed by atoms with Crippen LogP contribution in [0.1, 0.15) is 56.3 Å². The molecule has 0 spiro atoms. The molecule has 2 nitrogen and oxygen atoms in total. The molecule has 0 amide bonds. The molecule has 20 heavy (non-hydrogen) atoms. The van der Waals surface area contributed by atoms with Crippen molar-refractivity contribution in [1.29, 1.82) is 0 Å². The lowest BCUT2D eigenvalue weighted by Gasteiger charge is -2.26. The van der Waals surface area contributed by atoms with Crippen LogP contribution in [-0.4, -0.2) is 11.6 Å². The van der Waals surface area contributed by atoms with Gasteiger partial charge < -0.3 is 0 Å². The Morgan fingerprint density at radius 3 is 2.45 bits per heavy atom. The molecule has 0 saturated heterocycles. The number of hydrogen-bond acceptors (Lipinski definition) is 2. The molecular weight excluding hydrogens is 248 g/mol. The summed E-state index contributed by atoms with van der Waals surface area (Å²) in [4.78, 5) is 24.7. The highest BCUT2D eigenvalue weighted by Crippen LogP contribution is 2.31. The van der Waals surface area contributed by atoms with E-state index in [0.717, 1.165) is 12.8 Å². The zero-order valence-electron chi connectivity index (χ0n) is 12.5. The molecule has 0 saturated carbocycles. The third-order valence-electron chi connectivity index (χ3n) is 3.67. The molecule has 0 radical (unpaired) electrons. The molecule has 0 fully saturated rings. The van der Waals surface area contributed by atoms with Crippen LogP contribution in [0.2, 0.25) is 0 Å². The highest BCUT2D eigenvalue weighted by atomic mass is 16.1. The predicted molar refractivity (Wildman–Crippen MR) is 82.8 cm³/mol. The molecule has 1 aromatic carbocycles. The molecule has 0 unspecified atom stereocenters. The number of carbonyl (C=O) groups is 2. The minimum Gasteiger partial charge on any atom is -0.299 e. The van der Waals surface area contributed by atoms with Crippen molar-refractivity contribution >= 4 is 11.6 Å². The second kappa shape index (κ2) is 7.78. The molecule has 108 valence electrons. The highest BCUT2D eigenvalue weighted by molar-refractivity contribution is 6.00. The average molecular weight is 272 g/mol. The number of Topliss-reactive ketones (excluding diaryl/α,β-unsaturated/α-hetero) is 2. The monoisotopic (exact) mass is 272 g/mol. The van der Waals surface area contributed by atoms with Gasteiger partial charge in [-0.25, -0.2) is 0 Å². The molecule has 0 aromatic heterocycles. The zero-order valence-corrected chi connectivity index (χ0v) is 12.5. The van der Waals surface area contributed by atoms with Crippen LogP contribution in [0, 0.1) is 5.41 Å². The lowest BCUT2D eigenvalue weighted by atomic mass is 9.75. The third-order valence-corrected chi connectivity index (χ3v) is 3.67. The van der Waals surface area contributed by atoms with E-state index in [-0.39, 0.29) is 18.0 Å². The first-order chi connectivity index (χ1) is 9.53. The van der Waals surface area contributed by atoms with E-state index in [1.807, 2.05) is 25.1 Å². The smallest absolute Gasteiger partial charge is 0.163 e. The summed E-state index contributed by atoms with van der Waals surface area (Å²) in [6.45, 7) is 7.67. The van der Waals surface area contributed by atoms with Crippen LogP contribution in [0.3, 0.4) is 0 Å². The standard InChI is InChI=1S/C18H24O2/c1-4-6-12-17(20)18(3,13-5-2)14-16(19)15-10-8-7-9-11-15/h5,7-11H,2,4,6,12-14H2,1,3H3/t18-/m0/s1. The van der Waals surface area contributed by atoms with Crippen LogP contribution in [0.4, 0.5) is 0 Å². The van der Waals surface area contributed by atoms with Gasteiger partial charge in [0, 0.05) is 23.8 Å². The van der Waals surface area contributed by atoms with Gasteiger partial charge in [0.15, 0.2) is 5.78 Å². The quantitative estimate of drug-likeness (QED) is 0.486. The van der Waals surface area contributed by atoms with Crippen molar-refractivity contribution < 1.29 is 9.59 Å². The Labute approximate surface area is 121 Å². The number of rotatable bonds is 9. The van der Waals surface area contributed by atoms with Crippen molar-refractivity contribution in [2.75, 3.05) is 0 Å². The average Bonchev–Trinajstić information content (AvgIpc) is 2.45. The topological polar surface area (TPSA) is 34.1 Å². The van der Waals surface area contributed by atoms with E-state index >= 15 is 0 Å². The van der Waals surface area contributed by atoms with Gasteiger partial charge in [0.25, 0.3) is 0 Å². The summed E-state index contributed by atoms with van der Waals surface area (Å²) in [5, 5.41) is 0. The van der Waals surface area contributed by atoms with E-state index < -0.39 is 5.41 Å². The van der Waals surface area contributed by atoms with E-state index in [0.29, 0.717) is 18.4 Å². The normalized spacial score (nSPS) is 13.5. The molecular formula is C18H24O2. The minimum absolute atomic E-state index is 0.0276.